The molecule has 1 aliphatic rings. The van der Waals surface area contributed by atoms with Gasteiger partial charge in [-0.2, -0.15) is 0 Å². The quantitative estimate of drug-likeness (QED) is 0.882. The van der Waals surface area contributed by atoms with Gasteiger partial charge in [-0.1, -0.05) is 6.07 Å². The molecule has 1 atom stereocenters. The topological polar surface area (TPSA) is 67.1 Å². The highest BCUT2D eigenvalue weighted by atomic mass is 32.1. The van der Waals surface area contributed by atoms with Gasteiger partial charge in [-0.05, 0) is 31.0 Å². The summed E-state index contributed by atoms with van der Waals surface area (Å²) in [6.07, 6.45) is 4.94. The largest absolute Gasteiger partial charge is 0.375 e. The van der Waals surface area contributed by atoms with Gasteiger partial charge in [-0.3, -0.25) is 4.90 Å². The number of likely N-dealkylation sites (tertiary alicyclic amines) is 1. The van der Waals surface area contributed by atoms with Crippen molar-refractivity contribution in [3.63, 3.8) is 0 Å². The summed E-state index contributed by atoms with van der Waals surface area (Å²) >= 11 is 1.59. The van der Waals surface area contributed by atoms with Crippen LogP contribution >= 0.6 is 11.3 Å². The van der Waals surface area contributed by atoms with E-state index >= 15 is 0 Å². The van der Waals surface area contributed by atoms with Crippen molar-refractivity contribution in [2.45, 2.75) is 13.0 Å². The molecule has 5 nitrogen and oxygen atoms in total. The summed E-state index contributed by atoms with van der Waals surface area (Å²) in [6.45, 7) is 4.22. The standard InChI is InChI=1S/C14H19N5S/c15-14-18-8-12(20-14)10-19-6-4-11(9-19)7-17-13-3-1-2-5-16-13/h1-3,5,8,11H,4,6-7,9-10H2,(H2,15,18)(H,16,17). The number of anilines is 2. The summed E-state index contributed by atoms with van der Waals surface area (Å²) in [7, 11) is 0. The molecule has 2 aromatic heterocycles. The zero-order valence-corrected chi connectivity index (χ0v) is 12.1. The predicted molar refractivity (Wildman–Crippen MR) is 82.6 cm³/mol. The maximum atomic E-state index is 5.66. The lowest BCUT2D eigenvalue weighted by molar-refractivity contribution is 0.321. The molecule has 0 bridgehead atoms. The first kappa shape index (κ1) is 13.3. The Morgan fingerprint density at radius 1 is 1.40 bits per heavy atom. The molecule has 0 radical (unpaired) electrons. The Labute approximate surface area is 122 Å². The molecule has 0 spiro atoms. The third-order valence-corrected chi connectivity index (χ3v) is 4.37. The Morgan fingerprint density at radius 3 is 3.10 bits per heavy atom. The van der Waals surface area contributed by atoms with Crippen molar-refractivity contribution in [2.75, 3.05) is 30.7 Å². The number of nitrogens with zero attached hydrogens (tertiary/aromatic N) is 3. The van der Waals surface area contributed by atoms with E-state index in [-0.39, 0.29) is 0 Å². The smallest absolute Gasteiger partial charge is 0.180 e. The van der Waals surface area contributed by atoms with Crippen LogP contribution in [0.25, 0.3) is 0 Å². The fourth-order valence-corrected chi connectivity index (χ4v) is 3.28. The van der Waals surface area contributed by atoms with Crippen LogP contribution in [0.15, 0.2) is 30.6 Å². The minimum absolute atomic E-state index is 0.660. The third-order valence-electron chi connectivity index (χ3n) is 3.56. The van der Waals surface area contributed by atoms with Gasteiger partial charge in [0.2, 0.25) is 0 Å². The zero-order valence-electron chi connectivity index (χ0n) is 11.3. The van der Waals surface area contributed by atoms with E-state index < -0.39 is 0 Å². The summed E-state index contributed by atoms with van der Waals surface area (Å²) in [6, 6.07) is 5.94. The van der Waals surface area contributed by atoms with Gasteiger partial charge in [0.05, 0.1) is 0 Å². The molecule has 0 saturated carbocycles. The number of hydrogen-bond acceptors (Lipinski definition) is 6. The Bertz CT molecular complexity index is 542. The first-order valence-electron chi connectivity index (χ1n) is 6.87. The third kappa shape index (κ3) is 3.46. The van der Waals surface area contributed by atoms with Crippen LogP contribution in [-0.2, 0) is 6.54 Å². The molecule has 106 valence electrons. The highest BCUT2D eigenvalue weighted by Crippen LogP contribution is 2.22. The SMILES string of the molecule is Nc1ncc(CN2CCC(CNc3ccccn3)C2)s1. The zero-order chi connectivity index (χ0) is 13.8. The van der Waals surface area contributed by atoms with E-state index in [1.807, 2.05) is 30.6 Å². The van der Waals surface area contributed by atoms with Gasteiger partial charge in [0.1, 0.15) is 5.82 Å². The second-order valence-electron chi connectivity index (χ2n) is 5.15. The van der Waals surface area contributed by atoms with E-state index in [1.165, 1.54) is 11.3 Å². The Hall–Kier alpha value is -1.66. The Morgan fingerprint density at radius 2 is 2.35 bits per heavy atom. The predicted octanol–water partition coefficient (Wildman–Crippen LogP) is 2.05. The van der Waals surface area contributed by atoms with Crippen molar-refractivity contribution in [2.24, 2.45) is 5.92 Å². The van der Waals surface area contributed by atoms with Crippen LogP contribution in [0.2, 0.25) is 0 Å². The lowest BCUT2D eigenvalue weighted by Gasteiger charge is -2.15. The lowest BCUT2D eigenvalue weighted by Crippen LogP contribution is -2.22. The van der Waals surface area contributed by atoms with Gasteiger partial charge in [0, 0.05) is 36.9 Å². The Kier molecular flexibility index (Phi) is 4.13. The summed E-state index contributed by atoms with van der Waals surface area (Å²) in [4.78, 5) is 12.1. The van der Waals surface area contributed by atoms with Crippen molar-refractivity contribution >= 4 is 22.3 Å². The monoisotopic (exact) mass is 289 g/mol. The van der Waals surface area contributed by atoms with Crippen LogP contribution in [0.3, 0.4) is 0 Å². The van der Waals surface area contributed by atoms with Crippen molar-refractivity contribution in [1.29, 1.82) is 0 Å². The summed E-state index contributed by atoms with van der Waals surface area (Å²) in [5, 5.41) is 4.07. The molecule has 3 heterocycles. The maximum absolute atomic E-state index is 5.66. The van der Waals surface area contributed by atoms with Gasteiger partial charge >= 0.3 is 0 Å². The van der Waals surface area contributed by atoms with Gasteiger partial charge in [0.15, 0.2) is 5.13 Å². The summed E-state index contributed by atoms with van der Waals surface area (Å²) in [5.41, 5.74) is 5.66. The second-order valence-corrected chi connectivity index (χ2v) is 6.30. The molecule has 20 heavy (non-hydrogen) atoms. The minimum Gasteiger partial charge on any atom is -0.375 e. The molecular weight excluding hydrogens is 270 g/mol. The molecule has 0 aromatic carbocycles. The molecule has 1 fully saturated rings. The molecule has 1 unspecified atom stereocenters. The van der Waals surface area contributed by atoms with Crippen molar-refractivity contribution < 1.29 is 0 Å². The van der Waals surface area contributed by atoms with Crippen molar-refractivity contribution in [3.05, 3.63) is 35.5 Å². The summed E-state index contributed by atoms with van der Waals surface area (Å²) in [5.74, 6) is 1.64. The van der Waals surface area contributed by atoms with Crippen LogP contribution in [0.4, 0.5) is 10.9 Å². The molecule has 3 N–H and O–H groups in total. The first-order chi connectivity index (χ1) is 9.79. The Balaban J connectivity index is 1.45. The molecule has 0 aliphatic carbocycles. The van der Waals surface area contributed by atoms with E-state index in [0.29, 0.717) is 11.0 Å². The number of nitrogen functional groups attached to an aromatic ring is 1. The first-order valence-corrected chi connectivity index (χ1v) is 7.68. The number of rotatable bonds is 5. The van der Waals surface area contributed by atoms with E-state index in [1.54, 1.807) is 11.3 Å². The van der Waals surface area contributed by atoms with Gasteiger partial charge in [-0.15, -0.1) is 11.3 Å². The normalized spacial score (nSPS) is 19.3. The van der Waals surface area contributed by atoms with Gasteiger partial charge in [0.25, 0.3) is 0 Å². The van der Waals surface area contributed by atoms with Crippen LogP contribution in [-0.4, -0.2) is 34.5 Å². The number of nitrogens with one attached hydrogen (secondary N) is 1. The van der Waals surface area contributed by atoms with E-state index in [9.17, 15) is 0 Å². The second kappa shape index (κ2) is 6.19. The fourth-order valence-electron chi connectivity index (χ4n) is 2.56. The molecule has 2 aromatic rings. The maximum Gasteiger partial charge on any atom is 0.180 e. The van der Waals surface area contributed by atoms with E-state index in [0.717, 1.165) is 32.0 Å². The summed E-state index contributed by atoms with van der Waals surface area (Å²) < 4.78 is 0. The molecular formula is C14H19N5S. The number of hydrogen-bond donors (Lipinski definition) is 2. The van der Waals surface area contributed by atoms with Gasteiger partial charge in [-0.25, -0.2) is 9.97 Å². The molecule has 1 aliphatic heterocycles. The van der Waals surface area contributed by atoms with Crippen molar-refractivity contribution in [3.8, 4) is 0 Å². The molecule has 6 heteroatoms. The minimum atomic E-state index is 0.660. The fraction of sp³-hybridized carbons (Fsp3) is 0.429. The highest BCUT2D eigenvalue weighted by Gasteiger charge is 2.22. The van der Waals surface area contributed by atoms with Crippen molar-refractivity contribution in [1.82, 2.24) is 14.9 Å². The van der Waals surface area contributed by atoms with Crippen LogP contribution < -0.4 is 11.1 Å². The van der Waals surface area contributed by atoms with Crippen LogP contribution in [0.1, 0.15) is 11.3 Å². The van der Waals surface area contributed by atoms with E-state index in [2.05, 4.69) is 20.2 Å². The number of nitrogens with two attached hydrogens (primary N) is 1. The number of aromatic nitrogens is 2. The van der Waals surface area contributed by atoms with Crippen LogP contribution in [0, 0.1) is 5.92 Å². The van der Waals surface area contributed by atoms with Crippen LogP contribution in [0.5, 0.6) is 0 Å². The highest BCUT2D eigenvalue weighted by molar-refractivity contribution is 7.15. The number of pyridine rings is 1. The molecule has 3 rings (SSSR count). The number of thiazole rings is 1. The average Bonchev–Trinajstić information content (AvgIpc) is 3.08. The lowest BCUT2D eigenvalue weighted by atomic mass is 10.1. The molecule has 0 amide bonds. The average molecular weight is 289 g/mol. The van der Waals surface area contributed by atoms with Gasteiger partial charge < -0.3 is 11.1 Å². The van der Waals surface area contributed by atoms with E-state index in [4.69, 9.17) is 5.73 Å². The molecule has 1 saturated heterocycles.